The van der Waals surface area contributed by atoms with E-state index in [9.17, 15) is 9.59 Å². The fourth-order valence-electron chi connectivity index (χ4n) is 0.242. The van der Waals surface area contributed by atoms with Gasteiger partial charge in [-0.05, 0) is 0 Å². The van der Waals surface area contributed by atoms with E-state index in [1.807, 2.05) is 0 Å². The molecule has 0 N–H and O–H groups in total. The van der Waals surface area contributed by atoms with Crippen molar-refractivity contribution in [2.45, 2.75) is 0 Å². The predicted molar refractivity (Wildman–Crippen MR) is 23.6 cm³/mol. The third-order valence-corrected chi connectivity index (χ3v) is 1.17. The molecule has 0 atom stereocenters. The van der Waals surface area contributed by atoms with Crippen LogP contribution in [0, 0.1) is 0 Å². The summed E-state index contributed by atoms with van der Waals surface area (Å²) in [6, 6.07) is 0. The lowest BCUT2D eigenvalue weighted by Gasteiger charge is -1.70. The first kappa shape index (κ1) is 4.80. The summed E-state index contributed by atoms with van der Waals surface area (Å²) in [6.07, 6.45) is 0. The Kier molecular flexibility index (Phi) is 1.12. The van der Waals surface area contributed by atoms with Gasteiger partial charge in [0.2, 0.25) is 5.78 Å². The lowest BCUT2D eigenvalue weighted by Crippen LogP contribution is -2.03. The first-order valence-electron chi connectivity index (χ1n) is 1.67. The number of carbonyl (C=O) groups is 2. The van der Waals surface area contributed by atoms with Crippen LogP contribution in [-0.2, 0) is 13.8 Å². The molecule has 1 aliphatic rings. The highest BCUT2D eigenvalue weighted by molar-refractivity contribution is 8.12. The molecular weight excluding hydrogens is 116 g/mol. The van der Waals surface area contributed by atoms with E-state index in [-0.39, 0.29) is 6.61 Å². The molecule has 3 nitrogen and oxygen atoms in total. The minimum Gasteiger partial charge on any atom is -0.299 e. The smallest absolute Gasteiger partial charge is 0.284 e. The van der Waals surface area contributed by atoms with Gasteiger partial charge in [0.25, 0.3) is 5.12 Å². The number of Topliss-reactive ketones (excluding diaryl/α,β-unsaturated/α-hetero) is 1. The highest BCUT2D eigenvalue weighted by Crippen LogP contribution is 2.11. The molecule has 0 aromatic heterocycles. The van der Waals surface area contributed by atoms with Crippen LogP contribution < -0.4 is 0 Å². The van der Waals surface area contributed by atoms with Crippen molar-refractivity contribution in [2.24, 2.45) is 0 Å². The van der Waals surface area contributed by atoms with E-state index in [0.717, 1.165) is 0 Å². The summed E-state index contributed by atoms with van der Waals surface area (Å²) in [5.41, 5.74) is 0. The van der Waals surface area contributed by atoms with Crippen molar-refractivity contribution in [1.82, 2.24) is 0 Å². The number of hydrogen-bond donors (Lipinski definition) is 0. The van der Waals surface area contributed by atoms with Gasteiger partial charge in [-0.25, -0.2) is 0 Å². The molecule has 38 valence electrons. The Labute approximate surface area is 44.2 Å². The first-order valence-corrected chi connectivity index (χ1v) is 2.41. The molecule has 0 saturated carbocycles. The third kappa shape index (κ3) is 0.808. The molecule has 0 aromatic carbocycles. The summed E-state index contributed by atoms with van der Waals surface area (Å²) in [7, 11) is 0. The van der Waals surface area contributed by atoms with Gasteiger partial charge in [-0.1, -0.05) is 0 Å². The molecule has 0 radical (unpaired) electrons. The van der Waals surface area contributed by atoms with E-state index in [1.54, 1.807) is 0 Å². The number of ketones is 1. The third-order valence-electron chi connectivity index (χ3n) is 0.552. The van der Waals surface area contributed by atoms with E-state index < -0.39 is 10.9 Å². The number of hydrogen-bond acceptors (Lipinski definition) is 4. The van der Waals surface area contributed by atoms with Crippen molar-refractivity contribution in [2.75, 3.05) is 6.61 Å². The van der Waals surface area contributed by atoms with Gasteiger partial charge in [0.1, 0.15) is 6.61 Å². The van der Waals surface area contributed by atoms with Crippen LogP contribution in [0.3, 0.4) is 0 Å². The predicted octanol–water partition coefficient (Wildman–Crippen LogP) is -0.239. The van der Waals surface area contributed by atoms with Gasteiger partial charge < -0.3 is 0 Å². The Morgan fingerprint density at radius 3 is 2.43 bits per heavy atom. The van der Waals surface area contributed by atoms with Gasteiger partial charge in [-0.2, -0.15) is 0 Å². The number of rotatable bonds is 0. The topological polar surface area (TPSA) is 43.4 Å². The standard InChI is InChI=1S/C3H2O3S/c4-2-1-6-7-3(2)5/h1H2. The molecule has 0 aromatic rings. The lowest BCUT2D eigenvalue weighted by atomic mass is 10.5. The molecule has 1 aliphatic heterocycles. The second kappa shape index (κ2) is 1.63. The molecule has 4 heteroatoms. The maximum absolute atomic E-state index is 10.1. The Morgan fingerprint density at radius 2 is 2.29 bits per heavy atom. The van der Waals surface area contributed by atoms with E-state index in [1.165, 1.54) is 0 Å². The van der Waals surface area contributed by atoms with E-state index in [4.69, 9.17) is 0 Å². The zero-order valence-corrected chi connectivity index (χ0v) is 4.16. The van der Waals surface area contributed by atoms with Crippen molar-refractivity contribution in [3.8, 4) is 0 Å². The highest BCUT2D eigenvalue weighted by Gasteiger charge is 2.22. The molecule has 0 aliphatic carbocycles. The van der Waals surface area contributed by atoms with Crippen LogP contribution in [0.1, 0.15) is 0 Å². The Balaban J connectivity index is 2.65. The second-order valence-corrected chi connectivity index (χ2v) is 1.83. The van der Waals surface area contributed by atoms with Crippen molar-refractivity contribution < 1.29 is 13.8 Å². The number of carbonyl (C=O) groups excluding carboxylic acids is 2. The molecule has 0 unspecified atom stereocenters. The molecule has 7 heavy (non-hydrogen) atoms. The van der Waals surface area contributed by atoms with Crippen LogP contribution >= 0.6 is 12.0 Å². The lowest BCUT2D eigenvalue weighted by molar-refractivity contribution is -0.130. The van der Waals surface area contributed by atoms with Gasteiger partial charge in [-0.3, -0.25) is 13.8 Å². The summed E-state index contributed by atoms with van der Waals surface area (Å²) < 4.78 is 4.39. The first-order chi connectivity index (χ1) is 3.30. The van der Waals surface area contributed by atoms with Crippen LogP contribution in [0.5, 0.6) is 0 Å². The zero-order chi connectivity index (χ0) is 5.28. The molecule has 1 fully saturated rings. The molecule has 0 amide bonds. The van der Waals surface area contributed by atoms with Gasteiger partial charge in [0, 0.05) is 0 Å². The van der Waals surface area contributed by atoms with Crippen LogP contribution in [0.25, 0.3) is 0 Å². The summed E-state index contributed by atoms with van der Waals surface area (Å²) in [5, 5.41) is -0.486. The van der Waals surface area contributed by atoms with Gasteiger partial charge >= 0.3 is 0 Å². The molecular formula is C3H2O3S. The normalized spacial score (nSPS) is 21.1. The minimum absolute atomic E-state index is 0.0521. The van der Waals surface area contributed by atoms with E-state index in [2.05, 4.69) is 4.18 Å². The van der Waals surface area contributed by atoms with Gasteiger partial charge in [0.15, 0.2) is 0 Å². The molecule has 0 spiro atoms. The summed E-state index contributed by atoms with van der Waals surface area (Å²) in [6.45, 7) is -0.0521. The van der Waals surface area contributed by atoms with E-state index >= 15 is 0 Å². The molecule has 0 bridgehead atoms. The fourth-order valence-corrected chi connectivity index (χ4v) is 0.667. The average Bonchev–Trinajstić information content (AvgIpc) is 1.91. The van der Waals surface area contributed by atoms with Crippen LogP contribution in [0.4, 0.5) is 0 Å². The fraction of sp³-hybridized carbons (Fsp3) is 0.333. The maximum atomic E-state index is 10.1. The Morgan fingerprint density at radius 1 is 1.57 bits per heavy atom. The molecule has 1 saturated heterocycles. The summed E-state index contributed by atoms with van der Waals surface area (Å²) >= 11 is 0.617. The SMILES string of the molecule is O=C1COSC1=O. The molecule has 1 rings (SSSR count). The quantitative estimate of drug-likeness (QED) is 0.325. The van der Waals surface area contributed by atoms with Gasteiger partial charge in [-0.15, -0.1) is 0 Å². The monoisotopic (exact) mass is 118 g/mol. The van der Waals surface area contributed by atoms with Crippen molar-refractivity contribution in [3.63, 3.8) is 0 Å². The minimum atomic E-state index is -0.486. The van der Waals surface area contributed by atoms with Crippen molar-refractivity contribution in [3.05, 3.63) is 0 Å². The van der Waals surface area contributed by atoms with Crippen LogP contribution in [0.2, 0.25) is 0 Å². The largest absolute Gasteiger partial charge is 0.299 e. The Bertz CT molecular complexity index is 105. The highest BCUT2D eigenvalue weighted by atomic mass is 32.2. The van der Waals surface area contributed by atoms with Crippen molar-refractivity contribution in [1.29, 1.82) is 0 Å². The second-order valence-electron chi connectivity index (χ2n) is 1.06. The average molecular weight is 118 g/mol. The molecule has 1 heterocycles. The van der Waals surface area contributed by atoms with Crippen LogP contribution in [-0.4, -0.2) is 17.5 Å². The van der Waals surface area contributed by atoms with Crippen LogP contribution in [0.15, 0.2) is 0 Å². The van der Waals surface area contributed by atoms with Crippen molar-refractivity contribution >= 4 is 22.9 Å². The zero-order valence-electron chi connectivity index (χ0n) is 3.34. The summed E-state index contributed by atoms with van der Waals surface area (Å²) in [5.74, 6) is -0.440. The maximum Gasteiger partial charge on any atom is 0.284 e. The van der Waals surface area contributed by atoms with E-state index in [0.29, 0.717) is 12.0 Å². The van der Waals surface area contributed by atoms with Gasteiger partial charge in [0.05, 0.1) is 12.0 Å². The Hall–Kier alpha value is -0.350. The summed E-state index contributed by atoms with van der Waals surface area (Å²) in [4.78, 5) is 20.1.